The van der Waals surface area contributed by atoms with Gasteiger partial charge in [-0.1, -0.05) is 127 Å². The van der Waals surface area contributed by atoms with Gasteiger partial charge in [0.05, 0.1) is 11.8 Å². The molecule has 0 fully saturated rings. The van der Waals surface area contributed by atoms with Gasteiger partial charge in [0.15, 0.2) is 0 Å². The van der Waals surface area contributed by atoms with Crippen LogP contribution in [0.4, 0.5) is 0 Å². The highest BCUT2D eigenvalue weighted by molar-refractivity contribution is 5.81. The van der Waals surface area contributed by atoms with Crippen molar-refractivity contribution in [3.8, 4) is 0 Å². The molecule has 4 heteroatoms. The standard InChI is InChI=1S/C34H30O4/c35-32(36)30(22-24-12-4-1-5-13-24)34(31(33(37)38)23-25-14-6-2-7-15-25)21-20-27(26-16-8-3-9-17-26)28-18-10-11-19-29(28)34/h1-21,27,30-31H,22-23H2,(H,35,36)(H,37,38). The lowest BCUT2D eigenvalue weighted by atomic mass is 9.55. The van der Waals surface area contributed by atoms with Crippen molar-refractivity contribution in [3.05, 3.63) is 155 Å². The summed E-state index contributed by atoms with van der Waals surface area (Å²) in [5, 5.41) is 21.5. The van der Waals surface area contributed by atoms with Gasteiger partial charge in [0.25, 0.3) is 0 Å². The first-order valence-electron chi connectivity index (χ1n) is 12.9. The molecular formula is C34H30O4. The molecule has 0 amide bonds. The first kappa shape index (κ1) is 25.2. The van der Waals surface area contributed by atoms with Gasteiger partial charge in [-0.2, -0.15) is 0 Å². The van der Waals surface area contributed by atoms with Gasteiger partial charge in [-0.3, -0.25) is 9.59 Å². The molecule has 3 unspecified atom stereocenters. The Labute approximate surface area is 222 Å². The van der Waals surface area contributed by atoms with Crippen LogP contribution in [0.25, 0.3) is 0 Å². The van der Waals surface area contributed by atoms with Crippen LogP contribution in [0.5, 0.6) is 0 Å². The lowest BCUT2D eigenvalue weighted by molar-refractivity contribution is -0.149. The summed E-state index contributed by atoms with van der Waals surface area (Å²) < 4.78 is 0. The van der Waals surface area contributed by atoms with E-state index in [0.29, 0.717) is 0 Å². The van der Waals surface area contributed by atoms with Crippen molar-refractivity contribution < 1.29 is 19.8 Å². The van der Waals surface area contributed by atoms with Gasteiger partial charge in [0, 0.05) is 11.3 Å². The molecule has 0 saturated heterocycles. The van der Waals surface area contributed by atoms with Gasteiger partial charge >= 0.3 is 11.9 Å². The van der Waals surface area contributed by atoms with Crippen LogP contribution in [0.15, 0.2) is 127 Å². The molecule has 0 aliphatic heterocycles. The number of rotatable bonds is 9. The van der Waals surface area contributed by atoms with E-state index in [1.165, 1.54) is 0 Å². The van der Waals surface area contributed by atoms with Gasteiger partial charge < -0.3 is 10.2 Å². The third-order valence-corrected chi connectivity index (χ3v) is 7.80. The molecule has 3 atom stereocenters. The van der Waals surface area contributed by atoms with Crippen LogP contribution in [-0.2, 0) is 27.8 Å². The van der Waals surface area contributed by atoms with Crippen LogP contribution in [0.2, 0.25) is 0 Å². The Bertz CT molecular complexity index is 1370. The Hall–Kier alpha value is -4.44. The fraction of sp³-hybridized carbons (Fsp3) is 0.176. The maximum absolute atomic E-state index is 13.1. The zero-order chi connectivity index (χ0) is 26.5. The second-order valence-electron chi connectivity index (χ2n) is 9.93. The molecule has 0 saturated carbocycles. The summed E-state index contributed by atoms with van der Waals surface area (Å²) in [6, 6.07) is 36.7. The molecular weight excluding hydrogens is 472 g/mol. The van der Waals surface area contributed by atoms with Crippen molar-refractivity contribution in [2.45, 2.75) is 24.2 Å². The van der Waals surface area contributed by atoms with E-state index in [1.807, 2.05) is 115 Å². The monoisotopic (exact) mass is 502 g/mol. The van der Waals surface area contributed by atoms with Crippen molar-refractivity contribution in [1.82, 2.24) is 0 Å². The molecule has 38 heavy (non-hydrogen) atoms. The summed E-state index contributed by atoms with van der Waals surface area (Å²) in [7, 11) is 0. The van der Waals surface area contributed by atoms with Crippen LogP contribution in [0.3, 0.4) is 0 Å². The normalized spacial score (nSPS) is 19.7. The number of fused-ring (bicyclic) bond motifs is 1. The van der Waals surface area contributed by atoms with Crippen molar-refractivity contribution in [3.63, 3.8) is 0 Å². The van der Waals surface area contributed by atoms with Crippen LogP contribution in [0, 0.1) is 11.8 Å². The van der Waals surface area contributed by atoms with E-state index in [1.54, 1.807) is 0 Å². The van der Waals surface area contributed by atoms with Crippen molar-refractivity contribution >= 4 is 11.9 Å². The van der Waals surface area contributed by atoms with E-state index in [2.05, 4.69) is 12.1 Å². The summed E-state index contributed by atoms with van der Waals surface area (Å²) in [4.78, 5) is 26.2. The van der Waals surface area contributed by atoms with E-state index in [0.717, 1.165) is 27.8 Å². The largest absolute Gasteiger partial charge is 0.481 e. The van der Waals surface area contributed by atoms with E-state index in [9.17, 15) is 19.8 Å². The van der Waals surface area contributed by atoms with Crippen LogP contribution >= 0.6 is 0 Å². The van der Waals surface area contributed by atoms with Gasteiger partial charge in [-0.05, 0) is 40.7 Å². The minimum atomic E-state index is -1.27. The molecule has 0 aromatic heterocycles. The third-order valence-electron chi connectivity index (χ3n) is 7.80. The summed E-state index contributed by atoms with van der Waals surface area (Å²) in [6.45, 7) is 0. The molecule has 4 nitrogen and oxygen atoms in total. The minimum absolute atomic E-state index is 0.0992. The maximum atomic E-state index is 13.1. The fourth-order valence-corrected chi connectivity index (χ4v) is 6.03. The number of hydrogen-bond acceptors (Lipinski definition) is 2. The average molecular weight is 503 g/mol. The molecule has 4 aromatic carbocycles. The predicted molar refractivity (Wildman–Crippen MR) is 148 cm³/mol. The van der Waals surface area contributed by atoms with E-state index in [-0.39, 0.29) is 18.8 Å². The topological polar surface area (TPSA) is 74.6 Å². The van der Waals surface area contributed by atoms with E-state index >= 15 is 0 Å². The zero-order valence-corrected chi connectivity index (χ0v) is 21.0. The van der Waals surface area contributed by atoms with Gasteiger partial charge in [0.1, 0.15) is 0 Å². The third kappa shape index (κ3) is 4.78. The Balaban J connectivity index is 1.74. The number of hydrogen-bond donors (Lipinski definition) is 2. The summed E-state index contributed by atoms with van der Waals surface area (Å²) in [5.41, 5.74) is 3.24. The molecule has 0 heterocycles. The highest BCUT2D eigenvalue weighted by Gasteiger charge is 2.53. The van der Waals surface area contributed by atoms with Crippen molar-refractivity contribution in [2.24, 2.45) is 11.8 Å². The molecule has 0 radical (unpaired) electrons. The Morgan fingerprint density at radius 3 is 1.58 bits per heavy atom. The fourth-order valence-electron chi connectivity index (χ4n) is 6.03. The predicted octanol–water partition coefficient (Wildman–Crippen LogP) is 6.51. The second kappa shape index (κ2) is 10.9. The molecule has 0 bridgehead atoms. The van der Waals surface area contributed by atoms with Gasteiger partial charge in [0.2, 0.25) is 0 Å². The Morgan fingerprint density at radius 1 is 0.632 bits per heavy atom. The van der Waals surface area contributed by atoms with Crippen molar-refractivity contribution in [1.29, 1.82) is 0 Å². The highest BCUT2D eigenvalue weighted by Crippen LogP contribution is 2.51. The number of carbonyl (C=O) groups is 2. The van der Waals surface area contributed by atoms with Crippen LogP contribution < -0.4 is 0 Å². The van der Waals surface area contributed by atoms with Gasteiger partial charge in [-0.15, -0.1) is 0 Å². The first-order chi connectivity index (χ1) is 18.5. The summed E-state index contributed by atoms with van der Waals surface area (Å²) in [5.74, 6) is -4.11. The lowest BCUT2D eigenvalue weighted by Crippen LogP contribution is -2.51. The molecule has 4 aromatic rings. The molecule has 5 rings (SSSR count). The highest BCUT2D eigenvalue weighted by atomic mass is 16.4. The smallest absolute Gasteiger partial charge is 0.308 e. The molecule has 2 N–H and O–H groups in total. The van der Waals surface area contributed by atoms with Crippen LogP contribution in [-0.4, -0.2) is 22.2 Å². The SMILES string of the molecule is O=C(O)C(Cc1ccccc1)C1(C(Cc2ccccc2)C(=O)O)C=CC(c2ccccc2)c2ccccc21. The number of carboxylic acids is 2. The maximum Gasteiger partial charge on any atom is 0.308 e. The number of carboxylic acid groups (broad SMARTS) is 2. The van der Waals surface area contributed by atoms with E-state index < -0.39 is 29.2 Å². The van der Waals surface area contributed by atoms with Crippen LogP contribution in [0.1, 0.15) is 33.7 Å². The summed E-state index contributed by atoms with van der Waals surface area (Å²) >= 11 is 0. The number of aliphatic carboxylic acids is 2. The lowest BCUT2D eigenvalue weighted by Gasteiger charge is -2.46. The van der Waals surface area contributed by atoms with Crippen molar-refractivity contribution in [2.75, 3.05) is 0 Å². The summed E-state index contributed by atoms with van der Waals surface area (Å²) in [6.07, 6.45) is 4.34. The zero-order valence-electron chi connectivity index (χ0n) is 21.0. The number of benzene rings is 4. The Kier molecular flexibility index (Phi) is 7.23. The average Bonchev–Trinajstić information content (AvgIpc) is 2.95. The molecule has 190 valence electrons. The Morgan fingerprint density at radius 2 is 1.08 bits per heavy atom. The second-order valence-corrected chi connectivity index (χ2v) is 9.93. The first-order valence-corrected chi connectivity index (χ1v) is 12.9. The van der Waals surface area contributed by atoms with E-state index in [4.69, 9.17) is 0 Å². The van der Waals surface area contributed by atoms with Gasteiger partial charge in [-0.25, -0.2) is 0 Å². The molecule has 1 aliphatic carbocycles. The number of allylic oxidation sites excluding steroid dienone is 2. The quantitative estimate of drug-likeness (QED) is 0.256. The minimum Gasteiger partial charge on any atom is -0.481 e. The molecule has 1 aliphatic rings. The molecule has 0 spiro atoms.